The van der Waals surface area contributed by atoms with Gasteiger partial charge in [0.1, 0.15) is 0 Å². The Morgan fingerprint density at radius 2 is 1.14 bits per heavy atom. The topological polar surface area (TPSA) is 74.6 Å². The minimum absolute atomic E-state index is 0. The first-order chi connectivity index (χ1) is 2.00. The summed E-state index contributed by atoms with van der Waals surface area (Å²) in [6, 6.07) is 0. The summed E-state index contributed by atoms with van der Waals surface area (Å²) in [4.78, 5) is 0. The second kappa shape index (κ2) is 5.67. The van der Waals surface area contributed by atoms with Gasteiger partial charge in [0.05, 0.1) is 0 Å². The van der Waals surface area contributed by atoms with Crippen molar-refractivity contribution in [2.75, 3.05) is 0 Å². The molecule has 0 aliphatic heterocycles. The van der Waals surface area contributed by atoms with Gasteiger partial charge in [-0.05, 0) is 0 Å². The zero-order valence-corrected chi connectivity index (χ0v) is 6.03. The Hall–Kier alpha value is 1.53. The molecule has 0 rings (SSSR count). The molecule has 7 heteroatoms. The zero-order chi connectivity index (χ0) is 4.50. The van der Waals surface area contributed by atoms with Gasteiger partial charge in [-0.25, -0.2) is 0 Å². The van der Waals surface area contributed by atoms with E-state index in [0.29, 0.717) is 0 Å². The molecule has 0 aromatic heterocycles. The molecule has 0 unspecified atom stereocenters. The van der Waals surface area contributed by atoms with E-state index in [0.717, 1.165) is 0 Å². The Kier molecular flexibility index (Phi) is 12.8. The van der Waals surface area contributed by atoms with Crippen molar-refractivity contribution in [1.29, 1.82) is 0 Å². The molecule has 0 saturated carbocycles. The first-order valence-corrected chi connectivity index (χ1v) is 2.10. The number of hydrogen-bond acceptors (Lipinski definition) is 2. The van der Waals surface area contributed by atoms with Crippen molar-refractivity contribution < 1.29 is 37.9 Å². The van der Waals surface area contributed by atoms with Crippen LogP contribution in [0.3, 0.4) is 0 Å². The van der Waals surface area contributed by atoms with Gasteiger partial charge in [-0.3, -0.25) is 9.11 Å². The second-order valence-electron chi connectivity index (χ2n) is 0.448. The normalized spacial score (nSPS) is 8.29. The number of rotatable bonds is 0. The molecular weight excluding hydrogens is 305 g/mol. The first kappa shape index (κ1) is 15.8. The molecule has 0 spiro atoms. The van der Waals surface area contributed by atoms with E-state index in [4.69, 9.17) is 17.5 Å². The molecule has 0 atom stereocenters. The Bertz CT molecular complexity index is 94.9. The Labute approximate surface area is 77.2 Å². The van der Waals surface area contributed by atoms with Gasteiger partial charge in [0.25, 0.3) is 0 Å². The van der Waals surface area contributed by atoms with Gasteiger partial charge in [0.15, 0.2) is 0 Å². The van der Waals surface area contributed by atoms with E-state index in [2.05, 4.69) is 0 Å². The van der Waals surface area contributed by atoms with Crippen LogP contribution in [0.2, 0.25) is 0 Å². The molecule has 0 aromatic rings. The first-order valence-electron chi connectivity index (χ1n) is 0.698. The van der Waals surface area contributed by atoms with Crippen LogP contribution < -0.4 is 0 Å². The van der Waals surface area contributed by atoms with Gasteiger partial charge in [0, 0.05) is 20.4 Å². The average molecular weight is 308 g/mol. The van der Waals surface area contributed by atoms with Crippen LogP contribution in [0.5, 0.6) is 0 Å². The minimum atomic E-state index is -4.67. The monoisotopic (exact) mass is 309 g/mol. The predicted molar refractivity (Wildman–Crippen MR) is 21.3 cm³/mol. The maximum atomic E-state index is 8.74. The third-order valence-corrected chi connectivity index (χ3v) is 0. The van der Waals surface area contributed by atoms with Crippen molar-refractivity contribution in [2.24, 2.45) is 0 Å². The van der Waals surface area contributed by atoms with Crippen LogP contribution in [-0.4, -0.2) is 47.1 Å². The van der Waals surface area contributed by atoms with E-state index >= 15 is 0 Å². The maximum absolute atomic E-state index is 8.74. The molecule has 0 heterocycles. The van der Waals surface area contributed by atoms with Gasteiger partial charge >= 0.3 is 40.0 Å². The molecule has 0 aliphatic carbocycles. The third kappa shape index (κ3) is 98.2. The largest absolute Gasteiger partial charge is 0 e. The Balaban J connectivity index is -0.0000000800. The van der Waals surface area contributed by atoms with E-state index in [1.807, 2.05) is 0 Å². The SMILES string of the molecule is O=S(=O)(O)O.[NaH].[Re]. The summed E-state index contributed by atoms with van der Waals surface area (Å²) in [6.07, 6.45) is 0. The Morgan fingerprint density at radius 3 is 1.14 bits per heavy atom. The fourth-order valence-corrected chi connectivity index (χ4v) is 0. The zero-order valence-electron chi connectivity index (χ0n) is 2.50. The predicted octanol–water partition coefficient (Wildman–Crippen LogP) is -1.30. The summed E-state index contributed by atoms with van der Waals surface area (Å²) in [7, 11) is -4.67. The van der Waals surface area contributed by atoms with Crippen LogP contribution in [0, 0.1) is 0 Å². The molecule has 0 aromatic carbocycles. The van der Waals surface area contributed by atoms with Crippen LogP contribution in [0.15, 0.2) is 0 Å². The summed E-state index contributed by atoms with van der Waals surface area (Å²) < 4.78 is 31.6. The van der Waals surface area contributed by atoms with Crippen LogP contribution in [0.25, 0.3) is 0 Å². The molecule has 0 amide bonds. The van der Waals surface area contributed by atoms with Gasteiger partial charge in [0.2, 0.25) is 0 Å². The maximum Gasteiger partial charge on any atom is 0 e. The van der Waals surface area contributed by atoms with Crippen molar-refractivity contribution in [3.8, 4) is 0 Å². The summed E-state index contributed by atoms with van der Waals surface area (Å²) >= 11 is 0. The van der Waals surface area contributed by atoms with E-state index in [-0.39, 0.29) is 50.0 Å². The summed E-state index contributed by atoms with van der Waals surface area (Å²) in [5.41, 5.74) is 0. The number of hydrogen-bond donors (Lipinski definition) is 2. The molecule has 0 fully saturated rings. The van der Waals surface area contributed by atoms with Gasteiger partial charge in [-0.15, -0.1) is 0 Å². The van der Waals surface area contributed by atoms with Crippen LogP contribution in [-0.2, 0) is 30.8 Å². The van der Waals surface area contributed by atoms with E-state index in [9.17, 15) is 0 Å². The van der Waals surface area contributed by atoms with Crippen LogP contribution >= 0.6 is 0 Å². The Morgan fingerprint density at radius 1 is 1.14 bits per heavy atom. The fraction of sp³-hybridized carbons (Fsp3) is 0. The van der Waals surface area contributed by atoms with Crippen molar-refractivity contribution in [3.05, 3.63) is 0 Å². The molecule has 7 heavy (non-hydrogen) atoms. The van der Waals surface area contributed by atoms with Crippen LogP contribution in [0.4, 0.5) is 0 Å². The summed E-state index contributed by atoms with van der Waals surface area (Å²) in [6.45, 7) is 0. The molecule has 0 bridgehead atoms. The summed E-state index contributed by atoms with van der Waals surface area (Å²) in [5.74, 6) is 0. The molecule has 2 N–H and O–H groups in total. The van der Waals surface area contributed by atoms with Crippen molar-refractivity contribution in [2.45, 2.75) is 0 Å². The molecule has 0 saturated heterocycles. The van der Waals surface area contributed by atoms with E-state index in [1.165, 1.54) is 0 Å². The van der Waals surface area contributed by atoms with E-state index in [1.54, 1.807) is 0 Å². The van der Waals surface area contributed by atoms with Crippen LogP contribution in [0.1, 0.15) is 0 Å². The smallest absolute Gasteiger partial charge is 0 e. The summed E-state index contributed by atoms with van der Waals surface area (Å²) in [5, 5.41) is 0. The molecule has 0 aliphatic rings. The average Bonchev–Trinajstić information content (AvgIpc) is 0.722. The molecule has 1 radical (unpaired) electrons. The standard InChI is InChI=1S/Na.H2O4S.Re.H/c;1-5(2,3)4;;/h;(H2,1,2,3,4);;. The minimum Gasteiger partial charge on any atom is 0 e. The molecule has 41 valence electrons. The van der Waals surface area contributed by atoms with Crippen molar-refractivity contribution >= 4 is 40.0 Å². The van der Waals surface area contributed by atoms with Crippen molar-refractivity contribution in [3.63, 3.8) is 0 Å². The van der Waals surface area contributed by atoms with Crippen molar-refractivity contribution in [1.82, 2.24) is 0 Å². The van der Waals surface area contributed by atoms with Gasteiger partial charge < -0.3 is 0 Å². The third-order valence-electron chi connectivity index (χ3n) is 0. The van der Waals surface area contributed by atoms with E-state index < -0.39 is 10.4 Å². The van der Waals surface area contributed by atoms with Gasteiger partial charge in [-0.1, -0.05) is 0 Å². The molecule has 4 nitrogen and oxygen atoms in total. The quantitative estimate of drug-likeness (QED) is 0.431. The second-order valence-corrected chi connectivity index (χ2v) is 1.34. The fourth-order valence-electron chi connectivity index (χ4n) is 0. The molecular formula is H3NaO4ReS. The van der Waals surface area contributed by atoms with Gasteiger partial charge in [-0.2, -0.15) is 8.42 Å².